The van der Waals surface area contributed by atoms with Crippen LogP contribution in [0.1, 0.15) is 22.3 Å². The van der Waals surface area contributed by atoms with Crippen molar-refractivity contribution in [3.8, 4) is 11.3 Å². The number of hydrogen-bond acceptors (Lipinski definition) is 7. The van der Waals surface area contributed by atoms with Crippen molar-refractivity contribution in [2.45, 2.75) is 13.0 Å². The topological polar surface area (TPSA) is 106 Å². The van der Waals surface area contributed by atoms with Crippen LogP contribution in [0.3, 0.4) is 0 Å². The number of anilines is 1. The highest BCUT2D eigenvalue weighted by Gasteiger charge is 2.10. The zero-order valence-electron chi connectivity index (χ0n) is 20.0. The first kappa shape index (κ1) is 24.0. The molecule has 3 N–H and O–H groups in total. The van der Waals surface area contributed by atoms with Crippen LogP contribution in [-0.2, 0) is 6.54 Å². The van der Waals surface area contributed by atoms with E-state index >= 15 is 0 Å². The van der Waals surface area contributed by atoms with Crippen molar-refractivity contribution in [2.75, 3.05) is 32.5 Å². The summed E-state index contributed by atoms with van der Waals surface area (Å²) < 4.78 is 0. The van der Waals surface area contributed by atoms with Crippen molar-refractivity contribution < 1.29 is 4.79 Å². The number of benzene rings is 2. The monoisotopic (exact) mass is 467 g/mol. The minimum absolute atomic E-state index is 0.0837. The van der Waals surface area contributed by atoms with Crippen molar-refractivity contribution in [1.29, 1.82) is 5.53 Å². The largest absolute Gasteiger partial charge is 0.364 e. The molecule has 0 saturated heterocycles. The molecule has 0 fully saturated rings. The van der Waals surface area contributed by atoms with Gasteiger partial charge in [-0.2, -0.15) is 5.11 Å². The first-order chi connectivity index (χ1) is 17.0. The molecule has 1 amide bonds. The molecule has 0 atom stereocenters. The maximum atomic E-state index is 12.4. The van der Waals surface area contributed by atoms with Gasteiger partial charge in [0.2, 0.25) is 0 Å². The Bertz CT molecular complexity index is 1320. The van der Waals surface area contributed by atoms with E-state index in [1.807, 2.05) is 56.6 Å². The van der Waals surface area contributed by atoms with Gasteiger partial charge in [-0.3, -0.25) is 9.78 Å². The molecule has 0 saturated carbocycles. The molecule has 2 heterocycles. The Kier molecular flexibility index (Phi) is 7.74. The second-order valence-electron chi connectivity index (χ2n) is 8.55. The lowest BCUT2D eigenvalue weighted by Crippen LogP contribution is -2.27. The summed E-state index contributed by atoms with van der Waals surface area (Å²) in [4.78, 5) is 23.5. The maximum absolute atomic E-state index is 12.4. The second-order valence-corrected chi connectivity index (χ2v) is 8.55. The lowest BCUT2D eigenvalue weighted by molar-refractivity contribution is 0.0952. The zero-order chi connectivity index (χ0) is 24.6. The molecule has 0 aliphatic rings. The van der Waals surface area contributed by atoms with Gasteiger partial charge in [0.25, 0.3) is 5.91 Å². The summed E-state index contributed by atoms with van der Waals surface area (Å²) in [6.07, 6.45) is 2.68. The summed E-state index contributed by atoms with van der Waals surface area (Å²) in [5.74, 6) is 0.450. The summed E-state index contributed by atoms with van der Waals surface area (Å²) in [6.45, 7) is 2.11. The fourth-order valence-electron chi connectivity index (χ4n) is 3.75. The third-order valence-electron chi connectivity index (χ3n) is 5.63. The van der Waals surface area contributed by atoms with Crippen LogP contribution in [-0.4, -0.2) is 48.0 Å². The number of rotatable bonds is 10. The van der Waals surface area contributed by atoms with Gasteiger partial charge >= 0.3 is 0 Å². The van der Waals surface area contributed by atoms with E-state index in [1.54, 1.807) is 24.4 Å². The van der Waals surface area contributed by atoms with Crippen LogP contribution in [0.25, 0.3) is 22.2 Å². The van der Waals surface area contributed by atoms with Crippen LogP contribution < -0.4 is 10.6 Å². The van der Waals surface area contributed by atoms with E-state index in [4.69, 9.17) is 10.5 Å². The molecule has 2 aromatic heterocycles. The van der Waals surface area contributed by atoms with Crippen molar-refractivity contribution >= 4 is 28.3 Å². The molecule has 178 valence electrons. The van der Waals surface area contributed by atoms with Gasteiger partial charge in [-0.25, -0.2) is 10.5 Å². The zero-order valence-corrected chi connectivity index (χ0v) is 20.0. The molecule has 8 nitrogen and oxygen atoms in total. The van der Waals surface area contributed by atoms with Crippen LogP contribution in [0, 0.1) is 5.53 Å². The van der Waals surface area contributed by atoms with Crippen LogP contribution in [0.5, 0.6) is 0 Å². The molecular weight excluding hydrogens is 438 g/mol. The molecule has 0 aliphatic heterocycles. The maximum Gasteiger partial charge on any atom is 0.251 e. The van der Waals surface area contributed by atoms with E-state index in [0.717, 1.165) is 40.7 Å². The molecule has 0 unspecified atom stereocenters. The summed E-state index contributed by atoms with van der Waals surface area (Å²) in [5, 5.41) is 10.9. The number of nitrogens with zero attached hydrogens (tertiary/aromatic N) is 4. The summed E-state index contributed by atoms with van der Waals surface area (Å²) in [7, 11) is 4.03. The van der Waals surface area contributed by atoms with Crippen LogP contribution in [0.2, 0.25) is 0 Å². The Hall–Kier alpha value is -4.17. The number of nitrogens with one attached hydrogen (secondary N) is 3. The molecule has 35 heavy (non-hydrogen) atoms. The molecule has 4 aromatic rings. The van der Waals surface area contributed by atoms with Crippen molar-refractivity contribution in [3.05, 3.63) is 84.1 Å². The molecule has 2 aromatic carbocycles. The molecule has 0 radical (unpaired) electrons. The highest BCUT2D eigenvalue weighted by Crippen LogP contribution is 2.28. The number of hydrogen-bond donors (Lipinski definition) is 3. The van der Waals surface area contributed by atoms with E-state index in [2.05, 4.69) is 31.7 Å². The van der Waals surface area contributed by atoms with Gasteiger partial charge in [-0.1, -0.05) is 24.3 Å². The Morgan fingerprint density at radius 2 is 1.89 bits per heavy atom. The Morgan fingerprint density at radius 1 is 1.06 bits per heavy atom. The van der Waals surface area contributed by atoms with E-state index < -0.39 is 0 Å². The minimum Gasteiger partial charge on any atom is -0.364 e. The van der Waals surface area contributed by atoms with Crippen molar-refractivity contribution in [2.24, 2.45) is 5.11 Å². The molecule has 0 spiro atoms. The minimum atomic E-state index is -0.0837. The lowest BCUT2D eigenvalue weighted by atomic mass is 10.1. The number of pyridine rings is 2. The Balaban J connectivity index is 1.44. The average Bonchev–Trinajstić information content (AvgIpc) is 2.89. The highest BCUT2D eigenvalue weighted by molar-refractivity contribution is 5.94. The predicted molar refractivity (Wildman–Crippen MR) is 139 cm³/mol. The highest BCUT2D eigenvalue weighted by atomic mass is 16.1. The molecule has 8 heteroatoms. The molecular formula is C27H29N7O. The fraction of sp³-hybridized carbons (Fsp3) is 0.222. The van der Waals surface area contributed by atoms with Gasteiger partial charge < -0.3 is 15.5 Å². The van der Waals surface area contributed by atoms with Gasteiger partial charge in [0, 0.05) is 35.8 Å². The Labute approximate surface area is 204 Å². The molecule has 4 rings (SSSR count). The normalized spacial score (nSPS) is 10.9. The quantitative estimate of drug-likeness (QED) is 0.218. The van der Waals surface area contributed by atoms with E-state index in [1.165, 1.54) is 0 Å². The average molecular weight is 468 g/mol. The summed E-state index contributed by atoms with van der Waals surface area (Å²) in [5.41, 5.74) is 12.2. The van der Waals surface area contributed by atoms with E-state index in [0.29, 0.717) is 30.2 Å². The third-order valence-corrected chi connectivity index (χ3v) is 5.63. The van der Waals surface area contributed by atoms with Gasteiger partial charge in [0.15, 0.2) is 5.82 Å². The van der Waals surface area contributed by atoms with Gasteiger partial charge in [-0.05, 0) is 75.1 Å². The van der Waals surface area contributed by atoms with Crippen LogP contribution in [0.4, 0.5) is 11.5 Å². The summed E-state index contributed by atoms with van der Waals surface area (Å²) in [6, 6.07) is 21.0. The first-order valence-corrected chi connectivity index (χ1v) is 11.5. The first-order valence-electron chi connectivity index (χ1n) is 11.5. The summed E-state index contributed by atoms with van der Waals surface area (Å²) >= 11 is 0. The standard InChI is InChI=1S/C27H29N7O/c1-34(2)16-4-15-30-27(35)21-9-7-20(8-10-21)24-12-13-25(33-28)26(32-24)31-18-19-6-11-23-22(17-19)5-3-14-29-23/h3,5-14,17,28H,4,15-16,18H2,1-2H3,(H,30,35)(H,31,32). The van der Waals surface area contributed by atoms with Gasteiger partial charge in [0.05, 0.1) is 11.2 Å². The third kappa shape index (κ3) is 6.24. The number of fused-ring (bicyclic) bond motifs is 1. The molecule has 0 aliphatic carbocycles. The van der Waals surface area contributed by atoms with Gasteiger partial charge in [-0.15, -0.1) is 0 Å². The van der Waals surface area contributed by atoms with Crippen LogP contribution in [0.15, 0.2) is 78.0 Å². The van der Waals surface area contributed by atoms with Gasteiger partial charge in [0.1, 0.15) is 5.69 Å². The smallest absolute Gasteiger partial charge is 0.251 e. The number of carbonyl (C=O) groups is 1. The van der Waals surface area contributed by atoms with Crippen molar-refractivity contribution in [1.82, 2.24) is 20.2 Å². The Morgan fingerprint density at radius 3 is 2.66 bits per heavy atom. The second kappa shape index (κ2) is 11.3. The van der Waals surface area contributed by atoms with E-state index in [9.17, 15) is 4.79 Å². The predicted octanol–water partition coefficient (Wildman–Crippen LogP) is 5.25. The lowest BCUT2D eigenvalue weighted by Gasteiger charge is -2.11. The molecule has 0 bridgehead atoms. The van der Waals surface area contributed by atoms with Crippen LogP contribution >= 0.6 is 0 Å². The van der Waals surface area contributed by atoms with Crippen molar-refractivity contribution in [3.63, 3.8) is 0 Å². The SMILES string of the molecule is CN(C)CCCNC(=O)c1ccc(-c2ccc(N=N)c(NCc3ccc4ncccc4c3)n2)cc1. The number of amides is 1. The van der Waals surface area contributed by atoms with E-state index in [-0.39, 0.29) is 5.91 Å². The number of carbonyl (C=O) groups excluding carboxylic acids is 1. The fourth-order valence-corrected chi connectivity index (χ4v) is 3.75. The number of aromatic nitrogens is 2.